The van der Waals surface area contributed by atoms with Crippen molar-refractivity contribution in [3.05, 3.63) is 30.1 Å². The number of nitrogens with one attached hydrogen (secondary N) is 1. The van der Waals surface area contributed by atoms with Crippen LogP contribution in [-0.2, 0) is 4.74 Å². The Bertz CT molecular complexity index is 428. The van der Waals surface area contributed by atoms with E-state index in [4.69, 9.17) is 4.74 Å². The molecule has 2 fully saturated rings. The molecule has 3 rings (SSSR count). The average molecular weight is 274 g/mol. The molecule has 1 aromatic rings. The zero-order valence-corrected chi connectivity index (χ0v) is 12.6. The van der Waals surface area contributed by atoms with Crippen molar-refractivity contribution >= 4 is 0 Å². The van der Waals surface area contributed by atoms with Gasteiger partial charge in [-0.1, -0.05) is 18.9 Å². The molecule has 20 heavy (non-hydrogen) atoms. The first kappa shape index (κ1) is 14.0. The van der Waals surface area contributed by atoms with E-state index >= 15 is 0 Å². The number of rotatable bonds is 5. The molecule has 2 aliphatic rings. The van der Waals surface area contributed by atoms with E-state index in [1.165, 1.54) is 25.7 Å². The summed E-state index contributed by atoms with van der Waals surface area (Å²) in [5.41, 5.74) is 1.54. The smallest absolute Gasteiger partial charge is 0.0661 e. The number of aromatic nitrogens is 1. The molecule has 2 saturated carbocycles. The average Bonchev–Trinajstić information content (AvgIpc) is 2.99. The summed E-state index contributed by atoms with van der Waals surface area (Å²) in [5, 5.41) is 3.81. The van der Waals surface area contributed by atoms with Crippen molar-refractivity contribution in [2.24, 2.45) is 5.41 Å². The fourth-order valence-corrected chi connectivity index (χ4v) is 4.14. The van der Waals surface area contributed by atoms with Crippen molar-refractivity contribution in [3.8, 4) is 0 Å². The van der Waals surface area contributed by atoms with Crippen molar-refractivity contribution in [1.29, 1.82) is 0 Å². The summed E-state index contributed by atoms with van der Waals surface area (Å²) in [6.07, 6.45) is 8.88. The first-order valence-electron chi connectivity index (χ1n) is 8.05. The highest BCUT2D eigenvalue weighted by atomic mass is 16.5. The largest absolute Gasteiger partial charge is 0.378 e. The molecule has 3 nitrogen and oxygen atoms in total. The molecule has 2 unspecified atom stereocenters. The maximum absolute atomic E-state index is 5.98. The molecule has 0 saturated heterocycles. The van der Waals surface area contributed by atoms with Crippen LogP contribution in [0.1, 0.15) is 57.7 Å². The zero-order valence-electron chi connectivity index (χ0n) is 12.6. The third kappa shape index (κ3) is 2.38. The van der Waals surface area contributed by atoms with E-state index in [0.717, 1.165) is 18.7 Å². The van der Waals surface area contributed by atoms with Gasteiger partial charge in [-0.15, -0.1) is 0 Å². The fraction of sp³-hybridized carbons (Fsp3) is 0.706. The SMILES string of the molecule is CCOC1CC(N[C@H](C)c2ccccn2)C12CCCC2. The van der Waals surface area contributed by atoms with Gasteiger partial charge in [-0.25, -0.2) is 0 Å². The number of hydrogen-bond acceptors (Lipinski definition) is 3. The van der Waals surface area contributed by atoms with Crippen LogP contribution in [0.15, 0.2) is 24.4 Å². The molecule has 0 aromatic carbocycles. The normalized spacial score (nSPS) is 29.3. The Hall–Kier alpha value is -0.930. The van der Waals surface area contributed by atoms with Crippen LogP contribution in [0, 0.1) is 5.41 Å². The van der Waals surface area contributed by atoms with Crippen LogP contribution in [0.5, 0.6) is 0 Å². The lowest BCUT2D eigenvalue weighted by Crippen LogP contribution is -2.63. The van der Waals surface area contributed by atoms with Gasteiger partial charge < -0.3 is 10.1 Å². The minimum atomic E-state index is 0.321. The second-order valence-corrected chi connectivity index (χ2v) is 6.32. The van der Waals surface area contributed by atoms with Crippen LogP contribution >= 0.6 is 0 Å². The van der Waals surface area contributed by atoms with E-state index in [9.17, 15) is 0 Å². The monoisotopic (exact) mass is 274 g/mol. The minimum Gasteiger partial charge on any atom is -0.378 e. The van der Waals surface area contributed by atoms with E-state index in [0.29, 0.717) is 23.6 Å². The lowest BCUT2D eigenvalue weighted by atomic mass is 9.60. The molecule has 2 aliphatic carbocycles. The molecule has 0 amide bonds. The molecular formula is C17H26N2O. The van der Waals surface area contributed by atoms with Crippen molar-refractivity contribution in [3.63, 3.8) is 0 Å². The Morgan fingerprint density at radius 1 is 1.40 bits per heavy atom. The van der Waals surface area contributed by atoms with Crippen molar-refractivity contribution in [2.75, 3.05) is 6.61 Å². The fourth-order valence-electron chi connectivity index (χ4n) is 4.14. The molecule has 3 atom stereocenters. The van der Waals surface area contributed by atoms with Gasteiger partial charge in [0, 0.05) is 30.3 Å². The van der Waals surface area contributed by atoms with Crippen LogP contribution in [0.2, 0.25) is 0 Å². The first-order chi connectivity index (χ1) is 9.76. The van der Waals surface area contributed by atoms with Gasteiger partial charge >= 0.3 is 0 Å². The molecule has 0 aliphatic heterocycles. The summed E-state index contributed by atoms with van der Waals surface area (Å²) in [6, 6.07) is 7.07. The van der Waals surface area contributed by atoms with Gasteiger partial charge in [0.05, 0.1) is 11.8 Å². The van der Waals surface area contributed by atoms with E-state index in [1.54, 1.807) is 0 Å². The summed E-state index contributed by atoms with van der Waals surface area (Å²) in [4.78, 5) is 4.47. The standard InChI is InChI=1S/C17H26N2O/c1-3-20-16-12-15(17(16)9-5-6-10-17)19-13(2)14-8-4-7-11-18-14/h4,7-8,11,13,15-16,19H,3,5-6,9-10,12H2,1-2H3/t13-,15?,16?/m1/s1. The van der Waals surface area contributed by atoms with Crippen molar-refractivity contribution in [1.82, 2.24) is 10.3 Å². The highest BCUT2D eigenvalue weighted by Crippen LogP contribution is 2.55. The summed E-state index contributed by atoms with van der Waals surface area (Å²) in [7, 11) is 0. The van der Waals surface area contributed by atoms with Gasteiger partial charge in [-0.3, -0.25) is 4.98 Å². The van der Waals surface area contributed by atoms with Gasteiger partial charge in [-0.05, 0) is 45.2 Å². The number of ether oxygens (including phenoxy) is 1. The molecule has 0 radical (unpaired) electrons. The molecule has 1 N–H and O–H groups in total. The molecule has 3 heteroatoms. The van der Waals surface area contributed by atoms with Crippen LogP contribution < -0.4 is 5.32 Å². The van der Waals surface area contributed by atoms with Crippen molar-refractivity contribution in [2.45, 2.75) is 64.1 Å². The highest BCUT2D eigenvalue weighted by Gasteiger charge is 2.56. The van der Waals surface area contributed by atoms with Crippen LogP contribution in [-0.4, -0.2) is 23.7 Å². The van der Waals surface area contributed by atoms with Gasteiger partial charge in [0.25, 0.3) is 0 Å². The summed E-state index contributed by atoms with van der Waals surface area (Å²) < 4.78 is 5.98. The minimum absolute atomic E-state index is 0.321. The maximum atomic E-state index is 5.98. The molecule has 1 aromatic heterocycles. The second-order valence-electron chi connectivity index (χ2n) is 6.32. The first-order valence-corrected chi connectivity index (χ1v) is 8.05. The van der Waals surface area contributed by atoms with E-state index in [-0.39, 0.29) is 0 Å². The zero-order chi connectivity index (χ0) is 14.0. The third-order valence-corrected chi connectivity index (χ3v) is 5.27. The second kappa shape index (κ2) is 5.82. The Labute approximate surface area is 122 Å². The maximum Gasteiger partial charge on any atom is 0.0661 e. The molecule has 110 valence electrons. The van der Waals surface area contributed by atoms with E-state index in [2.05, 4.69) is 36.3 Å². The highest BCUT2D eigenvalue weighted by molar-refractivity contribution is 5.13. The number of pyridine rings is 1. The lowest BCUT2D eigenvalue weighted by Gasteiger charge is -2.55. The summed E-state index contributed by atoms with van der Waals surface area (Å²) in [5.74, 6) is 0. The molecular weight excluding hydrogens is 248 g/mol. The van der Waals surface area contributed by atoms with Gasteiger partial charge in [-0.2, -0.15) is 0 Å². The van der Waals surface area contributed by atoms with Crippen LogP contribution in [0.25, 0.3) is 0 Å². The van der Waals surface area contributed by atoms with Crippen LogP contribution in [0.4, 0.5) is 0 Å². The van der Waals surface area contributed by atoms with E-state index in [1.807, 2.05) is 12.3 Å². The number of hydrogen-bond donors (Lipinski definition) is 1. The molecule has 1 spiro atoms. The van der Waals surface area contributed by atoms with Crippen LogP contribution in [0.3, 0.4) is 0 Å². The summed E-state index contributed by atoms with van der Waals surface area (Å²) in [6.45, 7) is 5.17. The topological polar surface area (TPSA) is 34.1 Å². The predicted molar refractivity (Wildman–Crippen MR) is 80.5 cm³/mol. The van der Waals surface area contributed by atoms with Gasteiger partial charge in [0.2, 0.25) is 0 Å². The Morgan fingerprint density at radius 3 is 2.85 bits per heavy atom. The molecule has 1 heterocycles. The quantitative estimate of drug-likeness (QED) is 0.892. The number of nitrogens with zero attached hydrogens (tertiary/aromatic N) is 1. The molecule has 0 bridgehead atoms. The Balaban J connectivity index is 1.66. The van der Waals surface area contributed by atoms with E-state index < -0.39 is 0 Å². The Kier molecular flexibility index (Phi) is 4.08. The van der Waals surface area contributed by atoms with Crippen molar-refractivity contribution < 1.29 is 4.74 Å². The van der Waals surface area contributed by atoms with Gasteiger partial charge in [0.15, 0.2) is 0 Å². The predicted octanol–water partition coefficient (Wildman–Crippen LogP) is 3.47. The third-order valence-electron chi connectivity index (χ3n) is 5.27. The van der Waals surface area contributed by atoms with Gasteiger partial charge in [0.1, 0.15) is 0 Å². The Morgan fingerprint density at radius 2 is 2.20 bits per heavy atom. The lowest BCUT2D eigenvalue weighted by molar-refractivity contribution is -0.132. The summed E-state index contributed by atoms with van der Waals surface area (Å²) >= 11 is 0.